The molecule has 2 heterocycles. The number of esters is 2. The highest BCUT2D eigenvalue weighted by atomic mass is 35.5. The Balaban J connectivity index is 1.22. The van der Waals surface area contributed by atoms with E-state index in [4.69, 9.17) is 44.9 Å². The summed E-state index contributed by atoms with van der Waals surface area (Å²) in [6.07, 6.45) is 1.71. The molecule has 326 valence electrons. The molecular formula is C42H46ClN7O10P2. The molecule has 0 bridgehead atoms. The van der Waals surface area contributed by atoms with Gasteiger partial charge in [0, 0.05) is 12.5 Å². The highest BCUT2D eigenvalue weighted by Crippen LogP contribution is 2.48. The van der Waals surface area contributed by atoms with E-state index in [1.165, 1.54) is 20.2 Å². The summed E-state index contributed by atoms with van der Waals surface area (Å²) in [5.74, 6) is -1.82. The second kappa shape index (κ2) is 21.9. The summed E-state index contributed by atoms with van der Waals surface area (Å²) in [4.78, 5) is 38.8. The SMILES string of the molecule is C[C@H](NP(=O)(OCC(CCn1cnc2c(Cl)nc(N)nc21)COP(=O)(N[C@@H](C)C(=O)OCc1ccccc1)Oc1ccccc1)Oc1ccccc1)C(=O)OCc1ccccc1. The molecule has 6 rings (SSSR count). The number of carbonyl (C=O) groups excluding carboxylic acids is 2. The van der Waals surface area contributed by atoms with E-state index < -0.39 is 45.4 Å². The van der Waals surface area contributed by atoms with Gasteiger partial charge in [-0.2, -0.15) is 20.1 Å². The molecule has 62 heavy (non-hydrogen) atoms. The number of fused-ring (bicyclic) bond motifs is 1. The number of aryl methyl sites for hydroxylation is 1. The van der Waals surface area contributed by atoms with E-state index >= 15 is 0 Å². The van der Waals surface area contributed by atoms with Crippen molar-refractivity contribution in [2.45, 2.75) is 52.1 Å². The maximum absolute atomic E-state index is 14.6. The minimum absolute atomic E-state index is 0.0109. The molecule has 6 aromatic rings. The van der Waals surface area contributed by atoms with Gasteiger partial charge in [-0.1, -0.05) is 109 Å². The van der Waals surface area contributed by atoms with Crippen molar-refractivity contribution in [3.8, 4) is 11.5 Å². The minimum atomic E-state index is -4.38. The van der Waals surface area contributed by atoms with Crippen LogP contribution in [0, 0.1) is 5.92 Å². The zero-order chi connectivity index (χ0) is 44.0. The first-order valence-corrected chi connectivity index (χ1v) is 22.9. The van der Waals surface area contributed by atoms with Crippen LogP contribution in [0.2, 0.25) is 5.15 Å². The van der Waals surface area contributed by atoms with Crippen LogP contribution in [-0.4, -0.2) is 56.8 Å². The van der Waals surface area contributed by atoms with Crippen molar-refractivity contribution in [3.05, 3.63) is 144 Å². The summed E-state index contributed by atoms with van der Waals surface area (Å²) >= 11 is 6.28. The van der Waals surface area contributed by atoms with Gasteiger partial charge in [-0.25, -0.2) is 14.1 Å². The van der Waals surface area contributed by atoms with Crippen LogP contribution in [0.5, 0.6) is 11.5 Å². The smallest absolute Gasteiger partial charge is 0.459 e. The monoisotopic (exact) mass is 905 g/mol. The number of nitrogen functional groups attached to an aromatic ring is 1. The number of nitrogens with zero attached hydrogens (tertiary/aromatic N) is 4. The number of imidazole rings is 1. The van der Waals surface area contributed by atoms with E-state index in [0.717, 1.165) is 11.1 Å². The number of hydrogen-bond donors (Lipinski definition) is 3. The molecule has 2 aromatic heterocycles. The number of ether oxygens (including phenoxy) is 2. The Morgan fingerprint density at radius 3 is 1.58 bits per heavy atom. The molecule has 4 aromatic carbocycles. The van der Waals surface area contributed by atoms with Crippen LogP contribution in [-0.2, 0) is 57.0 Å². The van der Waals surface area contributed by atoms with Gasteiger partial charge in [0.2, 0.25) is 5.95 Å². The van der Waals surface area contributed by atoms with Gasteiger partial charge in [-0.05, 0) is 55.7 Å². The third kappa shape index (κ3) is 13.7. The maximum atomic E-state index is 14.6. The zero-order valence-electron chi connectivity index (χ0n) is 33.8. The third-order valence-electron chi connectivity index (χ3n) is 8.97. The molecule has 0 fully saturated rings. The number of benzene rings is 4. The van der Waals surface area contributed by atoms with Crippen molar-refractivity contribution in [3.63, 3.8) is 0 Å². The Morgan fingerprint density at radius 2 is 1.13 bits per heavy atom. The average Bonchev–Trinajstić information content (AvgIpc) is 3.68. The van der Waals surface area contributed by atoms with Crippen molar-refractivity contribution in [1.82, 2.24) is 29.7 Å². The van der Waals surface area contributed by atoms with E-state index in [0.29, 0.717) is 11.2 Å². The Morgan fingerprint density at radius 1 is 0.694 bits per heavy atom. The molecular weight excluding hydrogens is 860 g/mol. The topological polar surface area (TPSA) is 217 Å². The zero-order valence-corrected chi connectivity index (χ0v) is 36.4. The first-order chi connectivity index (χ1) is 29.9. The average molecular weight is 906 g/mol. The molecule has 20 heteroatoms. The van der Waals surface area contributed by atoms with E-state index in [1.54, 1.807) is 89.5 Å². The van der Waals surface area contributed by atoms with Crippen LogP contribution in [0.4, 0.5) is 5.95 Å². The molecule has 0 saturated carbocycles. The normalized spacial score (nSPS) is 14.8. The summed E-state index contributed by atoms with van der Waals surface area (Å²) in [6, 6.07) is 32.4. The van der Waals surface area contributed by atoms with Gasteiger partial charge in [-0.3, -0.25) is 18.6 Å². The molecule has 0 aliphatic heterocycles. The number of anilines is 1. The minimum Gasteiger partial charge on any atom is -0.460 e. The van der Waals surface area contributed by atoms with E-state index in [9.17, 15) is 18.7 Å². The molecule has 2 unspecified atom stereocenters. The van der Waals surface area contributed by atoms with Crippen LogP contribution in [0.25, 0.3) is 11.2 Å². The number of para-hydroxylation sites is 2. The third-order valence-corrected chi connectivity index (χ3v) is 12.5. The van der Waals surface area contributed by atoms with Gasteiger partial charge in [0.1, 0.15) is 42.3 Å². The number of carbonyl (C=O) groups is 2. The predicted octanol–water partition coefficient (Wildman–Crippen LogP) is 7.92. The summed E-state index contributed by atoms with van der Waals surface area (Å²) in [7, 11) is -8.76. The lowest BCUT2D eigenvalue weighted by atomic mass is 10.1. The Hall–Kier alpha value is -5.64. The molecule has 0 aliphatic rings. The van der Waals surface area contributed by atoms with Crippen molar-refractivity contribution >= 4 is 56.1 Å². The summed E-state index contributed by atoms with van der Waals surface area (Å²) < 4.78 is 65.7. The van der Waals surface area contributed by atoms with E-state index in [2.05, 4.69) is 25.1 Å². The Labute approximate surface area is 363 Å². The van der Waals surface area contributed by atoms with Crippen molar-refractivity contribution in [2.75, 3.05) is 18.9 Å². The largest absolute Gasteiger partial charge is 0.460 e. The Bertz CT molecular complexity index is 2350. The number of hydrogen-bond acceptors (Lipinski definition) is 14. The van der Waals surface area contributed by atoms with Crippen LogP contribution >= 0.6 is 27.1 Å². The molecule has 4 atom stereocenters. The second-order valence-electron chi connectivity index (χ2n) is 13.9. The van der Waals surface area contributed by atoms with E-state index in [1.807, 2.05) is 36.4 Å². The number of nitrogens with two attached hydrogens (primary N) is 1. The fraction of sp³-hybridized carbons (Fsp3) is 0.262. The standard InChI is InChI=1S/C42H46ClN7O10P2/c1-30(40(51)55-25-32-15-7-3-8-16-32)48-61(53,59-35-19-11-5-12-20-35)57-27-34(23-24-50-29-45-37-38(43)46-42(44)47-39(37)50)28-58-62(54,60-36-21-13-6-14-22-36)49-31(2)41(52)56-26-33-17-9-4-10-18-33/h3-22,29-31,34H,23-28H2,1-2H3,(H,48,53)(H,49,54)(H2,44,46,47)/t30-,31-,34?,61?,62?/m0/s1. The van der Waals surface area contributed by atoms with Gasteiger partial charge in [0.05, 0.1) is 19.5 Å². The van der Waals surface area contributed by atoms with Crippen LogP contribution < -0.4 is 25.0 Å². The highest BCUT2D eigenvalue weighted by molar-refractivity contribution is 7.52. The highest BCUT2D eigenvalue weighted by Gasteiger charge is 2.36. The lowest BCUT2D eigenvalue weighted by Gasteiger charge is -2.27. The molecule has 0 spiro atoms. The van der Waals surface area contributed by atoms with Crippen molar-refractivity contribution in [2.24, 2.45) is 5.92 Å². The summed E-state index contributed by atoms with van der Waals surface area (Å²) in [5, 5.41) is 5.46. The van der Waals surface area contributed by atoms with Gasteiger partial charge >= 0.3 is 27.4 Å². The second-order valence-corrected chi connectivity index (χ2v) is 17.7. The quantitative estimate of drug-likeness (QED) is 0.0316. The van der Waals surface area contributed by atoms with Crippen molar-refractivity contribution < 1.29 is 46.3 Å². The predicted molar refractivity (Wildman–Crippen MR) is 232 cm³/mol. The van der Waals surface area contributed by atoms with Gasteiger partial charge in [0.25, 0.3) is 0 Å². The number of nitrogens with one attached hydrogen (secondary N) is 2. The molecule has 0 radical (unpaired) electrons. The lowest BCUT2D eigenvalue weighted by molar-refractivity contribution is -0.147. The van der Waals surface area contributed by atoms with Crippen LogP contribution in [0.1, 0.15) is 31.4 Å². The number of rotatable bonds is 23. The first kappa shape index (κ1) is 45.9. The molecule has 17 nitrogen and oxygen atoms in total. The van der Waals surface area contributed by atoms with E-state index in [-0.39, 0.29) is 62.0 Å². The Kier molecular flexibility index (Phi) is 16.2. The number of aromatic nitrogens is 4. The fourth-order valence-electron chi connectivity index (χ4n) is 5.74. The molecule has 0 amide bonds. The summed E-state index contributed by atoms with van der Waals surface area (Å²) in [6.45, 7) is 2.44. The van der Waals surface area contributed by atoms with Gasteiger partial charge in [0.15, 0.2) is 10.8 Å². The fourth-order valence-corrected chi connectivity index (χ4v) is 9.09. The summed E-state index contributed by atoms with van der Waals surface area (Å²) in [5.41, 5.74) is 8.09. The maximum Gasteiger partial charge on any atom is 0.459 e. The van der Waals surface area contributed by atoms with Crippen LogP contribution in [0.3, 0.4) is 0 Å². The molecule has 0 saturated heterocycles. The molecule has 0 aliphatic carbocycles. The van der Waals surface area contributed by atoms with Crippen molar-refractivity contribution in [1.29, 1.82) is 0 Å². The van der Waals surface area contributed by atoms with Gasteiger partial charge < -0.3 is 28.8 Å². The first-order valence-electron chi connectivity index (χ1n) is 19.5. The van der Waals surface area contributed by atoms with Gasteiger partial charge in [-0.15, -0.1) is 0 Å². The lowest BCUT2D eigenvalue weighted by Crippen LogP contribution is -2.36. The number of halogens is 1. The molecule has 4 N–H and O–H groups in total. The van der Waals surface area contributed by atoms with Crippen LogP contribution in [0.15, 0.2) is 128 Å².